The van der Waals surface area contributed by atoms with Crippen LogP contribution in [0.25, 0.3) is 0 Å². The Labute approximate surface area is 167 Å². The minimum Gasteiger partial charge on any atom is -0.323 e. The molecule has 3 rings (SSSR count). The van der Waals surface area contributed by atoms with Crippen LogP contribution in [-0.2, 0) is 14.8 Å². The minimum absolute atomic E-state index is 0.0230. The van der Waals surface area contributed by atoms with Gasteiger partial charge in [0.25, 0.3) is 0 Å². The maximum absolute atomic E-state index is 13.8. The Morgan fingerprint density at radius 3 is 2.48 bits per heavy atom. The van der Waals surface area contributed by atoms with Gasteiger partial charge in [-0.3, -0.25) is 4.79 Å². The summed E-state index contributed by atoms with van der Waals surface area (Å²) in [4.78, 5) is 12.6. The summed E-state index contributed by atoms with van der Waals surface area (Å²) in [5.41, 5.74) is -0.0230. The largest absolute Gasteiger partial charge is 0.323 e. The number of amides is 1. The van der Waals surface area contributed by atoms with E-state index in [2.05, 4.69) is 5.32 Å². The summed E-state index contributed by atoms with van der Waals surface area (Å²) >= 11 is 11.6. The highest BCUT2D eigenvalue weighted by Gasteiger charge is 2.33. The highest BCUT2D eigenvalue weighted by Crippen LogP contribution is 2.26. The van der Waals surface area contributed by atoms with Gasteiger partial charge in [0.05, 0.1) is 16.5 Å². The van der Waals surface area contributed by atoms with Crippen LogP contribution in [0.15, 0.2) is 47.4 Å². The number of carbonyl (C=O) groups is 1. The molecule has 0 aromatic heterocycles. The fraction of sp³-hybridized carbons (Fsp3) is 0.278. The quantitative estimate of drug-likeness (QED) is 0.790. The third-order valence-corrected chi connectivity index (χ3v) is 6.76. The van der Waals surface area contributed by atoms with E-state index in [9.17, 15) is 17.6 Å². The Kier molecular flexibility index (Phi) is 6.05. The van der Waals surface area contributed by atoms with Gasteiger partial charge in [-0.25, -0.2) is 12.8 Å². The Morgan fingerprint density at radius 2 is 1.78 bits per heavy atom. The van der Waals surface area contributed by atoms with E-state index in [0.29, 0.717) is 29.4 Å². The maximum atomic E-state index is 13.8. The van der Waals surface area contributed by atoms with Crippen LogP contribution in [-0.4, -0.2) is 31.7 Å². The van der Waals surface area contributed by atoms with Crippen LogP contribution >= 0.6 is 23.2 Å². The van der Waals surface area contributed by atoms with Crippen molar-refractivity contribution < 1.29 is 17.6 Å². The molecule has 0 spiro atoms. The smallest absolute Gasteiger partial charge is 0.243 e. The van der Waals surface area contributed by atoms with Crippen molar-refractivity contribution in [3.63, 3.8) is 0 Å². The lowest BCUT2D eigenvalue weighted by Gasteiger charge is -2.31. The van der Waals surface area contributed by atoms with E-state index >= 15 is 0 Å². The third-order valence-electron chi connectivity index (χ3n) is 4.39. The first kappa shape index (κ1) is 20.1. The third kappa shape index (κ3) is 4.60. The summed E-state index contributed by atoms with van der Waals surface area (Å²) in [5.74, 6) is -1.62. The molecule has 1 saturated heterocycles. The van der Waals surface area contributed by atoms with Gasteiger partial charge < -0.3 is 5.32 Å². The summed E-state index contributed by atoms with van der Waals surface area (Å²) in [6.45, 7) is 0.346. The molecular weight excluding hydrogens is 414 g/mol. The van der Waals surface area contributed by atoms with Crippen LogP contribution in [0.1, 0.15) is 12.8 Å². The summed E-state index contributed by atoms with van der Waals surface area (Å²) < 4.78 is 40.7. The molecule has 144 valence electrons. The number of benzene rings is 2. The van der Waals surface area contributed by atoms with Crippen molar-refractivity contribution in [3.8, 4) is 0 Å². The van der Waals surface area contributed by atoms with Crippen molar-refractivity contribution in [1.82, 2.24) is 4.31 Å². The molecule has 0 bridgehead atoms. The van der Waals surface area contributed by atoms with Crippen LogP contribution in [0, 0.1) is 11.7 Å². The van der Waals surface area contributed by atoms with Crippen molar-refractivity contribution in [2.75, 3.05) is 18.4 Å². The highest BCUT2D eigenvalue weighted by molar-refractivity contribution is 7.89. The van der Waals surface area contributed by atoms with Crippen LogP contribution < -0.4 is 5.32 Å². The zero-order valence-electron chi connectivity index (χ0n) is 14.2. The molecule has 2 aromatic carbocycles. The lowest BCUT2D eigenvalue weighted by atomic mass is 9.98. The van der Waals surface area contributed by atoms with Crippen LogP contribution in [0.5, 0.6) is 0 Å². The van der Waals surface area contributed by atoms with Gasteiger partial charge in [-0.05, 0) is 55.3 Å². The molecule has 1 aliphatic heterocycles. The van der Waals surface area contributed by atoms with Gasteiger partial charge in [0.2, 0.25) is 15.9 Å². The van der Waals surface area contributed by atoms with Gasteiger partial charge in [0, 0.05) is 23.1 Å². The fourth-order valence-corrected chi connectivity index (χ4v) is 4.78. The molecular formula is C18H17Cl2FN2O3S. The molecule has 1 fully saturated rings. The number of hydrogen-bond donors (Lipinski definition) is 1. The van der Waals surface area contributed by atoms with Gasteiger partial charge in [-0.2, -0.15) is 4.31 Å². The number of rotatable bonds is 4. The Bertz CT molecular complexity index is 952. The number of nitrogens with zero attached hydrogens (tertiary/aromatic N) is 1. The van der Waals surface area contributed by atoms with E-state index < -0.39 is 27.7 Å². The first-order valence-electron chi connectivity index (χ1n) is 8.29. The van der Waals surface area contributed by atoms with Crippen molar-refractivity contribution in [1.29, 1.82) is 0 Å². The average Bonchev–Trinajstić information content (AvgIpc) is 2.65. The Balaban J connectivity index is 1.74. The number of carbonyl (C=O) groups excluding carboxylic acids is 1. The van der Waals surface area contributed by atoms with Crippen LogP contribution in [0.2, 0.25) is 10.0 Å². The molecule has 0 aliphatic carbocycles. The molecule has 0 radical (unpaired) electrons. The minimum atomic E-state index is -3.73. The molecule has 1 heterocycles. The number of sulfonamides is 1. The lowest BCUT2D eigenvalue weighted by Crippen LogP contribution is -2.43. The molecule has 1 atom stereocenters. The Morgan fingerprint density at radius 1 is 1.11 bits per heavy atom. The highest BCUT2D eigenvalue weighted by atomic mass is 35.5. The van der Waals surface area contributed by atoms with E-state index in [1.54, 1.807) is 0 Å². The predicted molar refractivity (Wildman–Crippen MR) is 103 cm³/mol. The molecule has 27 heavy (non-hydrogen) atoms. The second kappa shape index (κ2) is 8.14. The van der Waals surface area contributed by atoms with Crippen molar-refractivity contribution in [2.45, 2.75) is 17.7 Å². The van der Waals surface area contributed by atoms with Gasteiger partial charge >= 0.3 is 0 Å². The standard InChI is InChI=1S/C18H17Cl2FN2O3S/c19-13-3-6-15(7-4-13)27(25,26)23-9-1-2-12(11-23)18(24)22-17-10-14(20)5-8-16(17)21/h3-8,10,12H,1-2,9,11H2,(H,22,24). The van der Waals surface area contributed by atoms with Gasteiger partial charge in [0.1, 0.15) is 5.82 Å². The van der Waals surface area contributed by atoms with Crippen molar-refractivity contribution >= 4 is 44.8 Å². The number of hydrogen-bond acceptors (Lipinski definition) is 3. The zero-order valence-corrected chi connectivity index (χ0v) is 16.5. The summed E-state index contributed by atoms with van der Waals surface area (Å²) in [5, 5.41) is 3.23. The first-order chi connectivity index (χ1) is 12.8. The predicted octanol–water partition coefficient (Wildman–Crippen LogP) is 4.17. The molecule has 1 N–H and O–H groups in total. The molecule has 1 amide bonds. The van der Waals surface area contributed by atoms with E-state index in [0.717, 1.165) is 6.07 Å². The van der Waals surface area contributed by atoms with E-state index in [1.165, 1.54) is 40.7 Å². The van der Waals surface area contributed by atoms with Crippen molar-refractivity contribution in [2.24, 2.45) is 5.92 Å². The van der Waals surface area contributed by atoms with E-state index in [1.807, 2.05) is 0 Å². The first-order valence-corrected chi connectivity index (χ1v) is 10.5. The fourth-order valence-electron chi connectivity index (χ4n) is 2.96. The van der Waals surface area contributed by atoms with Crippen molar-refractivity contribution in [3.05, 3.63) is 58.3 Å². The molecule has 9 heteroatoms. The Hall–Kier alpha value is -1.67. The lowest BCUT2D eigenvalue weighted by molar-refractivity contribution is -0.120. The van der Waals surface area contributed by atoms with Gasteiger partial charge in [-0.1, -0.05) is 23.2 Å². The SMILES string of the molecule is O=C(Nc1cc(Cl)ccc1F)C1CCCN(S(=O)(=O)c2ccc(Cl)cc2)C1. The second-order valence-electron chi connectivity index (χ2n) is 6.27. The topological polar surface area (TPSA) is 66.5 Å². The van der Waals surface area contributed by atoms with Crippen LogP contribution in [0.3, 0.4) is 0 Å². The molecule has 1 unspecified atom stereocenters. The summed E-state index contributed by atoms with van der Waals surface area (Å²) in [7, 11) is -3.73. The summed E-state index contributed by atoms with van der Waals surface area (Å²) in [6, 6.07) is 9.74. The van der Waals surface area contributed by atoms with Gasteiger partial charge in [0.15, 0.2) is 0 Å². The number of nitrogens with one attached hydrogen (secondary N) is 1. The number of piperidine rings is 1. The number of halogens is 3. The second-order valence-corrected chi connectivity index (χ2v) is 9.08. The monoisotopic (exact) mass is 430 g/mol. The molecule has 5 nitrogen and oxygen atoms in total. The average molecular weight is 431 g/mol. The zero-order chi connectivity index (χ0) is 19.6. The van der Waals surface area contributed by atoms with E-state index in [4.69, 9.17) is 23.2 Å². The number of anilines is 1. The maximum Gasteiger partial charge on any atom is 0.243 e. The molecule has 2 aromatic rings. The normalized spacial score (nSPS) is 18.3. The van der Waals surface area contributed by atoms with E-state index in [-0.39, 0.29) is 17.1 Å². The molecule has 0 saturated carbocycles. The molecule has 1 aliphatic rings. The van der Waals surface area contributed by atoms with Crippen LogP contribution in [0.4, 0.5) is 10.1 Å². The summed E-state index contributed by atoms with van der Waals surface area (Å²) in [6.07, 6.45) is 1.05. The van der Waals surface area contributed by atoms with Gasteiger partial charge in [-0.15, -0.1) is 0 Å².